The Morgan fingerprint density at radius 1 is 1.29 bits per heavy atom. The average Bonchev–Trinajstić information content (AvgIpc) is 2.48. The zero-order valence-corrected chi connectivity index (χ0v) is 16.6. The van der Waals surface area contributed by atoms with Crippen LogP contribution in [0.3, 0.4) is 0 Å². The van der Waals surface area contributed by atoms with Gasteiger partial charge in [0.15, 0.2) is 15.8 Å². The number of sulfonamides is 1. The molecule has 0 aromatic heterocycles. The molecule has 0 unspecified atom stereocenters. The van der Waals surface area contributed by atoms with E-state index in [-0.39, 0.29) is 11.5 Å². The predicted molar refractivity (Wildman–Crippen MR) is 97.5 cm³/mol. The molecule has 8 nitrogen and oxygen atoms in total. The third-order valence-electron chi connectivity index (χ3n) is 3.98. The summed E-state index contributed by atoms with van der Waals surface area (Å²) in [4.78, 5) is 6.46. The second-order valence-corrected chi connectivity index (χ2v) is 11.2. The first kappa shape index (κ1) is 21.2. The van der Waals surface area contributed by atoms with Crippen LogP contribution in [0, 0.1) is 0 Å². The van der Waals surface area contributed by atoms with Gasteiger partial charge in [-0.15, -0.1) is 0 Å². The first-order valence-corrected chi connectivity index (χ1v) is 11.6. The topological polar surface area (TPSA) is 108 Å². The van der Waals surface area contributed by atoms with Gasteiger partial charge in [0, 0.05) is 32.7 Å². The van der Waals surface area contributed by atoms with Gasteiger partial charge in [-0.2, -0.15) is 0 Å². The van der Waals surface area contributed by atoms with Crippen LogP contribution in [0.25, 0.3) is 0 Å². The Hall–Kier alpha value is -0.870. The molecule has 24 heavy (non-hydrogen) atoms. The van der Waals surface area contributed by atoms with E-state index in [0.29, 0.717) is 45.1 Å². The molecule has 0 saturated carbocycles. The molecule has 1 rings (SSSR count). The van der Waals surface area contributed by atoms with Gasteiger partial charge in [0.1, 0.15) is 0 Å². The molecule has 1 heterocycles. The third kappa shape index (κ3) is 5.89. The van der Waals surface area contributed by atoms with Crippen molar-refractivity contribution in [2.45, 2.75) is 38.9 Å². The molecule has 0 amide bonds. The van der Waals surface area contributed by atoms with Gasteiger partial charge in [-0.1, -0.05) is 0 Å². The number of nitrogens with one attached hydrogen (secondary N) is 2. The second kappa shape index (κ2) is 8.48. The van der Waals surface area contributed by atoms with E-state index in [1.165, 1.54) is 0 Å². The molecule has 2 N–H and O–H groups in total. The van der Waals surface area contributed by atoms with Crippen LogP contribution in [0.5, 0.6) is 0 Å². The minimum absolute atomic E-state index is 0.0657. The number of rotatable bonds is 7. The van der Waals surface area contributed by atoms with Crippen molar-refractivity contribution >= 4 is 25.8 Å². The number of sulfone groups is 1. The number of hydrogen-bond donors (Lipinski definition) is 2. The van der Waals surface area contributed by atoms with Crippen LogP contribution in [0.1, 0.15) is 34.1 Å². The molecule has 0 aromatic rings. The summed E-state index contributed by atoms with van der Waals surface area (Å²) in [6.07, 6.45) is 0.587. The Bertz CT molecular complexity index is 642. The lowest BCUT2D eigenvalue weighted by Gasteiger charge is -2.39. The molecule has 0 radical (unpaired) electrons. The Morgan fingerprint density at radius 3 is 2.50 bits per heavy atom. The van der Waals surface area contributed by atoms with E-state index in [9.17, 15) is 16.8 Å². The first-order valence-electron chi connectivity index (χ1n) is 8.27. The molecule has 1 aliphatic rings. The minimum Gasteiger partial charge on any atom is -0.357 e. The summed E-state index contributed by atoms with van der Waals surface area (Å²) in [6, 6.07) is 0. The summed E-state index contributed by atoms with van der Waals surface area (Å²) < 4.78 is 48.6. The summed E-state index contributed by atoms with van der Waals surface area (Å²) in [5, 5.41) is 3.18. The molecule has 0 aromatic carbocycles. The quantitative estimate of drug-likeness (QED) is 0.358. The highest BCUT2D eigenvalue weighted by molar-refractivity contribution is 7.92. The van der Waals surface area contributed by atoms with E-state index in [0.717, 1.165) is 0 Å². The SMILES string of the molecule is CCNC(=NCCCNS(=O)(=O)CC)N1CCS(=O)(=O)C(C)(C)C1. The summed E-state index contributed by atoms with van der Waals surface area (Å²) in [5.74, 6) is 0.857. The average molecular weight is 383 g/mol. The van der Waals surface area contributed by atoms with Crippen molar-refractivity contribution in [3.05, 3.63) is 0 Å². The predicted octanol–water partition coefficient (Wildman–Crippen LogP) is -0.210. The van der Waals surface area contributed by atoms with Crippen molar-refractivity contribution in [3.8, 4) is 0 Å². The van der Waals surface area contributed by atoms with Gasteiger partial charge in [0.2, 0.25) is 10.0 Å². The lowest BCUT2D eigenvalue weighted by molar-refractivity contribution is 0.353. The van der Waals surface area contributed by atoms with E-state index >= 15 is 0 Å². The molecule has 1 saturated heterocycles. The maximum Gasteiger partial charge on any atom is 0.211 e. The van der Waals surface area contributed by atoms with Crippen molar-refractivity contribution in [1.29, 1.82) is 0 Å². The number of aliphatic imine (C=N–C) groups is 1. The van der Waals surface area contributed by atoms with Crippen molar-refractivity contribution in [3.63, 3.8) is 0 Å². The molecule has 0 atom stereocenters. The number of guanidine groups is 1. The first-order chi connectivity index (χ1) is 11.0. The highest BCUT2D eigenvalue weighted by atomic mass is 32.2. The maximum atomic E-state index is 12.1. The van der Waals surface area contributed by atoms with Crippen LogP contribution in [0.4, 0.5) is 0 Å². The van der Waals surface area contributed by atoms with Crippen LogP contribution < -0.4 is 10.0 Å². The Balaban J connectivity index is 2.64. The molecule has 10 heteroatoms. The number of nitrogens with zero attached hydrogens (tertiary/aromatic N) is 2. The fraction of sp³-hybridized carbons (Fsp3) is 0.929. The summed E-state index contributed by atoms with van der Waals surface area (Å²) in [5.41, 5.74) is 0. The van der Waals surface area contributed by atoms with Gasteiger partial charge in [-0.25, -0.2) is 21.6 Å². The summed E-state index contributed by atoms with van der Waals surface area (Å²) in [6.45, 7) is 9.33. The summed E-state index contributed by atoms with van der Waals surface area (Å²) in [7, 11) is -6.26. The van der Waals surface area contributed by atoms with Gasteiger partial charge in [-0.05, 0) is 34.1 Å². The molecular formula is C14H30N4O4S2. The van der Waals surface area contributed by atoms with E-state index in [2.05, 4.69) is 15.0 Å². The van der Waals surface area contributed by atoms with Crippen LogP contribution >= 0.6 is 0 Å². The lowest BCUT2D eigenvalue weighted by Crippen LogP contribution is -2.57. The minimum atomic E-state index is -3.17. The molecule has 1 fully saturated rings. The fourth-order valence-corrected chi connectivity index (χ4v) is 4.37. The van der Waals surface area contributed by atoms with Crippen molar-refractivity contribution in [2.24, 2.45) is 4.99 Å². The second-order valence-electron chi connectivity index (χ2n) is 6.39. The zero-order chi connectivity index (χ0) is 18.4. The normalized spacial score (nSPS) is 20.8. The van der Waals surface area contributed by atoms with Crippen molar-refractivity contribution in [1.82, 2.24) is 14.9 Å². The smallest absolute Gasteiger partial charge is 0.211 e. The molecule has 142 valence electrons. The molecule has 0 spiro atoms. The zero-order valence-electron chi connectivity index (χ0n) is 15.0. The lowest BCUT2D eigenvalue weighted by atomic mass is 10.2. The largest absolute Gasteiger partial charge is 0.357 e. The number of hydrogen-bond acceptors (Lipinski definition) is 5. The standard InChI is InChI=1S/C14H30N4O4S2/c1-5-15-13(16-8-7-9-17-24(21,22)6-2)18-10-11-23(19,20)14(3,4)12-18/h17H,5-12H2,1-4H3,(H,15,16). The van der Waals surface area contributed by atoms with E-state index in [1.807, 2.05) is 11.8 Å². The van der Waals surface area contributed by atoms with Crippen LogP contribution in [-0.4, -0.2) is 76.7 Å². The molecule has 1 aliphatic heterocycles. The summed E-state index contributed by atoms with van der Waals surface area (Å²) >= 11 is 0. The highest BCUT2D eigenvalue weighted by Crippen LogP contribution is 2.23. The highest BCUT2D eigenvalue weighted by Gasteiger charge is 2.40. The van der Waals surface area contributed by atoms with Crippen molar-refractivity contribution in [2.75, 3.05) is 44.2 Å². The van der Waals surface area contributed by atoms with Crippen LogP contribution in [0.15, 0.2) is 4.99 Å². The monoisotopic (exact) mass is 382 g/mol. The Morgan fingerprint density at radius 2 is 1.96 bits per heavy atom. The molecule has 0 bridgehead atoms. The van der Waals surface area contributed by atoms with E-state index in [1.54, 1.807) is 20.8 Å². The van der Waals surface area contributed by atoms with Gasteiger partial charge in [-0.3, -0.25) is 4.99 Å². The molecular weight excluding hydrogens is 352 g/mol. The van der Waals surface area contributed by atoms with Crippen LogP contribution in [-0.2, 0) is 19.9 Å². The van der Waals surface area contributed by atoms with Gasteiger partial charge < -0.3 is 10.2 Å². The Kier molecular flexibility index (Phi) is 7.48. The third-order valence-corrected chi connectivity index (χ3v) is 7.91. The van der Waals surface area contributed by atoms with Crippen LogP contribution in [0.2, 0.25) is 0 Å². The van der Waals surface area contributed by atoms with Gasteiger partial charge in [0.05, 0.1) is 16.3 Å². The van der Waals surface area contributed by atoms with Crippen molar-refractivity contribution < 1.29 is 16.8 Å². The van der Waals surface area contributed by atoms with Gasteiger partial charge >= 0.3 is 0 Å². The molecule has 0 aliphatic carbocycles. The Labute approximate surface area is 146 Å². The fourth-order valence-electron chi connectivity index (χ4n) is 2.34. The van der Waals surface area contributed by atoms with E-state index < -0.39 is 24.6 Å². The van der Waals surface area contributed by atoms with E-state index in [4.69, 9.17) is 0 Å². The maximum absolute atomic E-state index is 12.1. The van der Waals surface area contributed by atoms with Gasteiger partial charge in [0.25, 0.3) is 0 Å².